The highest BCUT2D eigenvalue weighted by Gasteiger charge is 2.31. The third-order valence-corrected chi connectivity index (χ3v) is 6.90. The van der Waals surface area contributed by atoms with Gasteiger partial charge in [-0.1, -0.05) is 22.0 Å². The van der Waals surface area contributed by atoms with Crippen molar-refractivity contribution in [2.45, 2.75) is 25.3 Å². The van der Waals surface area contributed by atoms with Gasteiger partial charge >= 0.3 is 0 Å². The Balaban J connectivity index is 1.73. The van der Waals surface area contributed by atoms with Gasteiger partial charge < -0.3 is 9.47 Å². The molecule has 26 heavy (non-hydrogen) atoms. The van der Waals surface area contributed by atoms with Crippen LogP contribution in [0, 0.1) is 13.8 Å². The van der Waals surface area contributed by atoms with Gasteiger partial charge in [0.05, 0.1) is 31.1 Å². The van der Waals surface area contributed by atoms with Crippen LogP contribution in [-0.4, -0.2) is 55.4 Å². The van der Waals surface area contributed by atoms with E-state index in [-0.39, 0.29) is 0 Å². The van der Waals surface area contributed by atoms with Gasteiger partial charge in [0, 0.05) is 17.6 Å². The molecule has 9 heteroatoms. The minimum atomic E-state index is -3.56. The maximum atomic E-state index is 13.0. The minimum absolute atomic E-state index is 0.293. The molecule has 0 unspecified atom stereocenters. The first kappa shape index (κ1) is 19.3. The van der Waals surface area contributed by atoms with Crippen LogP contribution in [0.2, 0.25) is 0 Å². The van der Waals surface area contributed by atoms with Crippen LogP contribution in [0.25, 0.3) is 0 Å². The van der Waals surface area contributed by atoms with Crippen molar-refractivity contribution >= 4 is 26.0 Å². The summed E-state index contributed by atoms with van der Waals surface area (Å²) in [4.78, 5) is 0.293. The average molecular weight is 444 g/mol. The average Bonchev–Trinajstić information content (AvgIpc) is 2.90. The van der Waals surface area contributed by atoms with E-state index in [9.17, 15) is 8.42 Å². The van der Waals surface area contributed by atoms with Gasteiger partial charge in [0.25, 0.3) is 0 Å². The first-order chi connectivity index (χ1) is 12.4. The lowest BCUT2D eigenvalue weighted by molar-refractivity contribution is 0.0730. The van der Waals surface area contributed by atoms with Gasteiger partial charge in [-0.25, -0.2) is 8.42 Å². The molecule has 2 aromatic rings. The zero-order chi connectivity index (χ0) is 18.7. The van der Waals surface area contributed by atoms with Crippen LogP contribution in [-0.2, 0) is 21.3 Å². The number of ether oxygens (including phenoxy) is 2. The molecule has 1 fully saturated rings. The standard InChI is InChI=1S/C17H22BrN3O4S/c1-13-17(26(22,23)20-6-9-24-10-7-20)14(2)21(19-13)8-11-25-16-5-3-4-15(18)12-16/h3-5,12H,6-11H2,1-2H3. The summed E-state index contributed by atoms with van der Waals surface area (Å²) in [6, 6.07) is 7.59. The summed E-state index contributed by atoms with van der Waals surface area (Å²) in [6.45, 7) is 5.97. The molecule has 0 atom stereocenters. The normalized spacial score (nSPS) is 16.0. The molecule has 1 aromatic heterocycles. The molecule has 0 spiro atoms. The van der Waals surface area contributed by atoms with E-state index in [0.29, 0.717) is 55.7 Å². The molecule has 0 amide bonds. The molecule has 0 saturated carbocycles. The molecule has 0 radical (unpaired) electrons. The van der Waals surface area contributed by atoms with E-state index in [4.69, 9.17) is 9.47 Å². The van der Waals surface area contributed by atoms with E-state index in [1.165, 1.54) is 4.31 Å². The van der Waals surface area contributed by atoms with Gasteiger partial charge in [-0.15, -0.1) is 0 Å². The smallest absolute Gasteiger partial charge is 0.246 e. The molecule has 0 bridgehead atoms. The number of nitrogens with zero attached hydrogens (tertiary/aromatic N) is 3. The zero-order valence-corrected chi connectivity index (χ0v) is 17.2. The largest absolute Gasteiger partial charge is 0.492 e. The number of morpholine rings is 1. The number of rotatable bonds is 6. The van der Waals surface area contributed by atoms with Crippen molar-refractivity contribution in [1.29, 1.82) is 0 Å². The summed E-state index contributed by atoms with van der Waals surface area (Å²) >= 11 is 3.41. The monoisotopic (exact) mass is 443 g/mol. The van der Waals surface area contributed by atoms with Crippen molar-refractivity contribution in [3.05, 3.63) is 40.1 Å². The van der Waals surface area contributed by atoms with Crippen molar-refractivity contribution in [3.8, 4) is 5.75 Å². The number of hydrogen-bond acceptors (Lipinski definition) is 5. The topological polar surface area (TPSA) is 73.7 Å². The van der Waals surface area contributed by atoms with Gasteiger partial charge in [-0.05, 0) is 32.0 Å². The molecule has 2 heterocycles. The quantitative estimate of drug-likeness (QED) is 0.684. The summed E-state index contributed by atoms with van der Waals surface area (Å²) in [5.41, 5.74) is 1.14. The Hall–Kier alpha value is -1.42. The first-order valence-electron chi connectivity index (χ1n) is 8.40. The van der Waals surface area contributed by atoms with Crippen molar-refractivity contribution in [1.82, 2.24) is 14.1 Å². The fraction of sp³-hybridized carbons (Fsp3) is 0.471. The Labute approximate surface area is 162 Å². The number of aromatic nitrogens is 2. The maximum absolute atomic E-state index is 13.0. The lowest BCUT2D eigenvalue weighted by Gasteiger charge is -2.26. The van der Waals surface area contributed by atoms with Crippen LogP contribution in [0.5, 0.6) is 5.75 Å². The van der Waals surface area contributed by atoms with E-state index in [1.807, 2.05) is 24.3 Å². The molecule has 1 aliphatic rings. The number of sulfonamides is 1. The third kappa shape index (κ3) is 4.11. The maximum Gasteiger partial charge on any atom is 0.246 e. The number of benzene rings is 1. The molecule has 1 aliphatic heterocycles. The highest BCUT2D eigenvalue weighted by atomic mass is 79.9. The Bertz CT molecular complexity index is 876. The predicted octanol–water partition coefficient (Wildman–Crippen LogP) is 2.36. The van der Waals surface area contributed by atoms with E-state index < -0.39 is 10.0 Å². The summed E-state index contributed by atoms with van der Waals surface area (Å²) in [6.07, 6.45) is 0. The fourth-order valence-corrected chi connectivity index (χ4v) is 5.15. The van der Waals surface area contributed by atoms with Gasteiger partial charge in [-0.3, -0.25) is 4.68 Å². The van der Waals surface area contributed by atoms with Crippen molar-refractivity contribution in [2.75, 3.05) is 32.9 Å². The van der Waals surface area contributed by atoms with E-state index in [2.05, 4.69) is 21.0 Å². The van der Waals surface area contributed by atoms with Crippen LogP contribution in [0.3, 0.4) is 0 Å². The van der Waals surface area contributed by atoms with Gasteiger partial charge in [-0.2, -0.15) is 9.40 Å². The van der Waals surface area contributed by atoms with Crippen LogP contribution in [0.1, 0.15) is 11.4 Å². The molecule has 1 aromatic carbocycles. The van der Waals surface area contributed by atoms with Crippen LogP contribution >= 0.6 is 15.9 Å². The lowest BCUT2D eigenvalue weighted by Crippen LogP contribution is -2.41. The van der Waals surface area contributed by atoms with Crippen molar-refractivity contribution in [2.24, 2.45) is 0 Å². The van der Waals surface area contributed by atoms with Crippen molar-refractivity contribution in [3.63, 3.8) is 0 Å². The summed E-state index contributed by atoms with van der Waals surface area (Å²) in [7, 11) is -3.56. The fourth-order valence-electron chi connectivity index (χ4n) is 2.99. The molecule has 3 rings (SSSR count). The van der Waals surface area contributed by atoms with E-state index in [0.717, 1.165) is 10.2 Å². The molecular formula is C17H22BrN3O4S. The molecule has 7 nitrogen and oxygen atoms in total. The number of halogens is 1. The Morgan fingerprint density at radius 1 is 1.27 bits per heavy atom. The molecular weight excluding hydrogens is 422 g/mol. The summed E-state index contributed by atoms with van der Waals surface area (Å²) < 4.78 is 41.0. The van der Waals surface area contributed by atoms with Crippen LogP contribution < -0.4 is 4.74 Å². The second-order valence-corrected chi connectivity index (χ2v) is 8.84. The van der Waals surface area contributed by atoms with Gasteiger partial charge in [0.15, 0.2) is 0 Å². The summed E-state index contributed by atoms with van der Waals surface area (Å²) in [5.74, 6) is 0.752. The van der Waals surface area contributed by atoms with Gasteiger partial charge in [0.2, 0.25) is 10.0 Å². The zero-order valence-electron chi connectivity index (χ0n) is 14.8. The first-order valence-corrected chi connectivity index (χ1v) is 10.6. The molecule has 0 aliphatic carbocycles. The predicted molar refractivity (Wildman–Crippen MR) is 101 cm³/mol. The lowest BCUT2D eigenvalue weighted by atomic mass is 10.3. The third-order valence-electron chi connectivity index (χ3n) is 4.25. The Kier molecular flexibility index (Phi) is 6.01. The van der Waals surface area contributed by atoms with E-state index in [1.54, 1.807) is 18.5 Å². The minimum Gasteiger partial charge on any atom is -0.492 e. The number of aryl methyl sites for hydroxylation is 1. The Morgan fingerprint density at radius 3 is 2.69 bits per heavy atom. The SMILES string of the molecule is Cc1nn(CCOc2cccc(Br)c2)c(C)c1S(=O)(=O)N1CCOCC1. The van der Waals surface area contributed by atoms with Gasteiger partial charge in [0.1, 0.15) is 17.3 Å². The Morgan fingerprint density at radius 2 is 2.00 bits per heavy atom. The van der Waals surface area contributed by atoms with Crippen LogP contribution in [0.15, 0.2) is 33.6 Å². The highest BCUT2D eigenvalue weighted by molar-refractivity contribution is 9.10. The van der Waals surface area contributed by atoms with Crippen LogP contribution in [0.4, 0.5) is 0 Å². The molecule has 142 valence electrons. The second kappa shape index (κ2) is 8.08. The highest BCUT2D eigenvalue weighted by Crippen LogP contribution is 2.24. The second-order valence-electron chi connectivity index (χ2n) is 6.05. The summed E-state index contributed by atoms with van der Waals surface area (Å²) in [5, 5.41) is 4.41. The molecule has 1 saturated heterocycles. The molecule has 0 N–H and O–H groups in total. The van der Waals surface area contributed by atoms with Crippen molar-refractivity contribution < 1.29 is 17.9 Å². The van der Waals surface area contributed by atoms with E-state index >= 15 is 0 Å². The number of hydrogen-bond donors (Lipinski definition) is 0.